The summed E-state index contributed by atoms with van der Waals surface area (Å²) in [7, 11) is 0. The SMILES string of the molecule is Clc1ccccc1OCCn1c(-c2cccs2)nc2ccccc21. The Morgan fingerprint density at radius 1 is 1.00 bits per heavy atom. The van der Waals surface area contributed by atoms with Gasteiger partial charge in [0.15, 0.2) is 5.82 Å². The predicted octanol–water partition coefficient (Wildman–Crippen LogP) is 5.50. The average Bonchev–Trinajstić information content (AvgIpc) is 3.24. The fourth-order valence-electron chi connectivity index (χ4n) is 2.70. The molecule has 0 radical (unpaired) electrons. The van der Waals surface area contributed by atoms with Crippen molar-refractivity contribution >= 4 is 34.0 Å². The lowest BCUT2D eigenvalue weighted by Gasteiger charge is -2.11. The van der Waals surface area contributed by atoms with E-state index in [2.05, 4.69) is 22.1 Å². The fraction of sp³-hybridized carbons (Fsp3) is 0.105. The Hall–Kier alpha value is -2.30. The van der Waals surface area contributed by atoms with Crippen molar-refractivity contribution in [1.82, 2.24) is 9.55 Å². The second kappa shape index (κ2) is 6.67. The lowest BCUT2D eigenvalue weighted by molar-refractivity contribution is 0.301. The summed E-state index contributed by atoms with van der Waals surface area (Å²) in [4.78, 5) is 5.95. The maximum Gasteiger partial charge on any atom is 0.151 e. The van der Waals surface area contributed by atoms with Crippen LogP contribution in [0.5, 0.6) is 5.75 Å². The van der Waals surface area contributed by atoms with Gasteiger partial charge in [-0.2, -0.15) is 0 Å². The third-order valence-electron chi connectivity index (χ3n) is 3.81. The summed E-state index contributed by atoms with van der Waals surface area (Å²) < 4.78 is 8.06. The van der Waals surface area contributed by atoms with Gasteiger partial charge >= 0.3 is 0 Å². The molecule has 0 spiro atoms. The minimum atomic E-state index is 0.530. The zero-order valence-corrected chi connectivity index (χ0v) is 14.4. The van der Waals surface area contributed by atoms with Crippen LogP contribution < -0.4 is 4.74 Å². The summed E-state index contributed by atoms with van der Waals surface area (Å²) in [6, 6.07) is 19.9. The first-order chi connectivity index (χ1) is 11.8. The molecule has 0 aliphatic carbocycles. The molecular formula is C19H15ClN2OS. The normalized spacial score (nSPS) is 11.0. The van der Waals surface area contributed by atoms with Crippen molar-refractivity contribution in [2.45, 2.75) is 6.54 Å². The van der Waals surface area contributed by atoms with Gasteiger partial charge in [0.25, 0.3) is 0 Å². The molecule has 4 aromatic rings. The molecule has 0 amide bonds. The van der Waals surface area contributed by atoms with Crippen molar-refractivity contribution in [2.75, 3.05) is 6.61 Å². The molecule has 120 valence electrons. The molecule has 24 heavy (non-hydrogen) atoms. The van der Waals surface area contributed by atoms with Gasteiger partial charge in [0.1, 0.15) is 12.4 Å². The van der Waals surface area contributed by atoms with E-state index in [1.54, 1.807) is 11.3 Å². The Bertz CT molecular complexity index is 963. The quantitative estimate of drug-likeness (QED) is 0.473. The van der Waals surface area contributed by atoms with Crippen LogP contribution in [0.15, 0.2) is 66.0 Å². The number of nitrogens with zero attached hydrogens (tertiary/aromatic N) is 2. The van der Waals surface area contributed by atoms with Crippen LogP contribution in [-0.4, -0.2) is 16.2 Å². The van der Waals surface area contributed by atoms with E-state index in [1.165, 1.54) is 0 Å². The highest BCUT2D eigenvalue weighted by Gasteiger charge is 2.13. The lowest BCUT2D eigenvalue weighted by Crippen LogP contribution is -2.09. The highest BCUT2D eigenvalue weighted by atomic mass is 35.5. The van der Waals surface area contributed by atoms with E-state index < -0.39 is 0 Å². The van der Waals surface area contributed by atoms with Crippen LogP contribution in [0, 0.1) is 0 Å². The summed E-state index contributed by atoms with van der Waals surface area (Å²) in [6.45, 7) is 1.24. The Balaban J connectivity index is 1.63. The van der Waals surface area contributed by atoms with Gasteiger partial charge in [-0.25, -0.2) is 4.98 Å². The van der Waals surface area contributed by atoms with Gasteiger partial charge in [0.05, 0.1) is 27.5 Å². The van der Waals surface area contributed by atoms with Crippen LogP contribution in [0.3, 0.4) is 0 Å². The molecule has 0 atom stereocenters. The van der Waals surface area contributed by atoms with E-state index in [0.29, 0.717) is 23.9 Å². The smallest absolute Gasteiger partial charge is 0.151 e. The Morgan fingerprint density at radius 3 is 2.67 bits per heavy atom. The summed E-state index contributed by atoms with van der Waals surface area (Å²) in [5.74, 6) is 1.69. The van der Waals surface area contributed by atoms with E-state index in [1.807, 2.05) is 48.5 Å². The second-order valence-electron chi connectivity index (χ2n) is 5.33. The van der Waals surface area contributed by atoms with Crippen LogP contribution in [0.25, 0.3) is 21.7 Å². The molecular weight excluding hydrogens is 340 g/mol. The van der Waals surface area contributed by atoms with Crippen molar-refractivity contribution in [3.05, 3.63) is 71.1 Å². The number of thiophene rings is 1. The van der Waals surface area contributed by atoms with Crippen molar-refractivity contribution in [3.8, 4) is 16.5 Å². The monoisotopic (exact) mass is 354 g/mol. The van der Waals surface area contributed by atoms with Crippen LogP contribution in [0.2, 0.25) is 5.02 Å². The molecule has 0 unspecified atom stereocenters. The number of benzene rings is 2. The number of rotatable bonds is 5. The molecule has 0 saturated carbocycles. The third kappa shape index (κ3) is 2.90. The lowest BCUT2D eigenvalue weighted by atomic mass is 10.3. The van der Waals surface area contributed by atoms with Crippen molar-refractivity contribution < 1.29 is 4.74 Å². The van der Waals surface area contributed by atoms with Crippen molar-refractivity contribution in [3.63, 3.8) is 0 Å². The standard InChI is InChI=1S/C19H15ClN2OS/c20-14-6-1-4-9-17(14)23-12-11-22-16-8-3-2-7-15(16)21-19(22)18-10-5-13-24-18/h1-10,13H,11-12H2. The summed E-state index contributed by atoms with van der Waals surface area (Å²) in [6.07, 6.45) is 0. The van der Waals surface area contributed by atoms with Crippen LogP contribution in [0.1, 0.15) is 0 Å². The van der Waals surface area contributed by atoms with E-state index in [9.17, 15) is 0 Å². The largest absolute Gasteiger partial charge is 0.490 e. The van der Waals surface area contributed by atoms with Gasteiger partial charge in [-0.05, 0) is 35.7 Å². The third-order valence-corrected chi connectivity index (χ3v) is 4.98. The minimum Gasteiger partial charge on any atom is -0.490 e. The van der Waals surface area contributed by atoms with Gasteiger partial charge in [0, 0.05) is 0 Å². The van der Waals surface area contributed by atoms with Gasteiger partial charge < -0.3 is 9.30 Å². The number of hydrogen-bond donors (Lipinski definition) is 0. The summed E-state index contributed by atoms with van der Waals surface area (Å²) in [5, 5.41) is 2.70. The molecule has 0 aliphatic rings. The molecule has 3 nitrogen and oxygen atoms in total. The molecule has 2 heterocycles. The average molecular weight is 355 g/mol. The molecule has 0 bridgehead atoms. The summed E-state index contributed by atoms with van der Waals surface area (Å²) in [5.41, 5.74) is 2.11. The van der Waals surface area contributed by atoms with Crippen molar-refractivity contribution in [2.24, 2.45) is 0 Å². The van der Waals surface area contributed by atoms with Gasteiger partial charge in [-0.15, -0.1) is 11.3 Å². The zero-order chi connectivity index (χ0) is 16.4. The number of aromatic nitrogens is 2. The predicted molar refractivity (Wildman–Crippen MR) is 100.0 cm³/mol. The number of para-hydroxylation sites is 3. The molecule has 0 aliphatic heterocycles. The van der Waals surface area contributed by atoms with Crippen LogP contribution in [-0.2, 0) is 6.54 Å². The van der Waals surface area contributed by atoms with E-state index in [4.69, 9.17) is 21.3 Å². The minimum absolute atomic E-state index is 0.530. The van der Waals surface area contributed by atoms with E-state index in [0.717, 1.165) is 21.7 Å². The second-order valence-corrected chi connectivity index (χ2v) is 6.69. The molecule has 5 heteroatoms. The number of ether oxygens (including phenoxy) is 1. The fourth-order valence-corrected chi connectivity index (χ4v) is 3.62. The number of hydrogen-bond acceptors (Lipinski definition) is 3. The first-order valence-electron chi connectivity index (χ1n) is 7.69. The summed E-state index contributed by atoms with van der Waals surface area (Å²) >= 11 is 7.84. The van der Waals surface area contributed by atoms with Gasteiger partial charge in [0.2, 0.25) is 0 Å². The maximum atomic E-state index is 6.15. The van der Waals surface area contributed by atoms with Crippen molar-refractivity contribution in [1.29, 1.82) is 0 Å². The highest BCUT2D eigenvalue weighted by molar-refractivity contribution is 7.13. The maximum absolute atomic E-state index is 6.15. The number of halogens is 1. The van der Waals surface area contributed by atoms with Crippen LogP contribution in [0.4, 0.5) is 0 Å². The zero-order valence-electron chi connectivity index (χ0n) is 12.9. The van der Waals surface area contributed by atoms with E-state index in [-0.39, 0.29) is 0 Å². The molecule has 2 aromatic heterocycles. The molecule has 4 rings (SSSR count). The molecule has 0 saturated heterocycles. The van der Waals surface area contributed by atoms with Gasteiger partial charge in [-0.3, -0.25) is 0 Å². The Labute approximate surface area is 149 Å². The number of imidazole rings is 1. The molecule has 2 aromatic carbocycles. The Morgan fingerprint density at radius 2 is 1.83 bits per heavy atom. The van der Waals surface area contributed by atoms with Gasteiger partial charge in [-0.1, -0.05) is 41.9 Å². The highest BCUT2D eigenvalue weighted by Crippen LogP contribution is 2.28. The molecule has 0 N–H and O–H groups in total. The first-order valence-corrected chi connectivity index (χ1v) is 8.95. The first kappa shape index (κ1) is 15.2. The van der Waals surface area contributed by atoms with E-state index >= 15 is 0 Å². The van der Waals surface area contributed by atoms with Crippen LogP contribution >= 0.6 is 22.9 Å². The number of fused-ring (bicyclic) bond motifs is 1. The Kier molecular flexibility index (Phi) is 4.24. The topological polar surface area (TPSA) is 27.1 Å². The molecule has 0 fully saturated rings.